The summed E-state index contributed by atoms with van der Waals surface area (Å²) in [6, 6.07) is 16.7. The molecule has 0 aromatic heterocycles. The lowest BCUT2D eigenvalue weighted by Gasteiger charge is -2.43. The molecule has 1 heterocycles. The Balaban J connectivity index is 1.11. The van der Waals surface area contributed by atoms with Gasteiger partial charge in [-0.2, -0.15) is 0 Å². The monoisotopic (exact) mass is 699 g/mol. The van der Waals surface area contributed by atoms with Gasteiger partial charge < -0.3 is 4.74 Å². The summed E-state index contributed by atoms with van der Waals surface area (Å²) in [5.41, 5.74) is 13.2. The molecule has 11 aromatic carbocycles. The number of carbonyl (C=O) groups excluding carboxylic acids is 1. The van der Waals surface area contributed by atoms with Gasteiger partial charge in [0, 0.05) is 35.4 Å². The molecule has 1 fully saturated rings. The van der Waals surface area contributed by atoms with Gasteiger partial charge in [-0.15, -0.1) is 0 Å². The van der Waals surface area contributed by atoms with Crippen molar-refractivity contribution in [2.24, 2.45) is 5.92 Å². The van der Waals surface area contributed by atoms with Crippen molar-refractivity contribution in [1.29, 1.82) is 0 Å². The molecule has 7 aliphatic rings. The molecule has 254 valence electrons. The normalized spacial score (nSPS) is 25.3. The molecular weight excluding hydrogens is 671 g/mol. The molecule has 3 nitrogen and oxygen atoms in total. The van der Waals surface area contributed by atoms with Crippen LogP contribution in [-0.4, -0.2) is 24.5 Å². The molecule has 3 heteroatoms. The van der Waals surface area contributed by atoms with Gasteiger partial charge in [0.2, 0.25) is 0 Å². The molecule has 55 heavy (non-hydrogen) atoms. The SMILES string of the molecule is C=C(C)C(=O)Oc1ccc(C2N(C)CC3C4=c5c6c7c8c(cc9cc%10c%11c%12c%13c%14c(cc%15c%16c(c5c5c6c6c8c9c%11c6c%13c5c%16%14)=C(C4)C%15)=CC%12C%10)CC732)cc1. The maximum Gasteiger partial charge on any atom is 0.338 e. The van der Waals surface area contributed by atoms with Crippen molar-refractivity contribution in [2.75, 3.05) is 13.6 Å². The van der Waals surface area contributed by atoms with Crippen LogP contribution in [0.5, 0.6) is 5.75 Å². The summed E-state index contributed by atoms with van der Waals surface area (Å²) in [6.07, 6.45) is 7.09. The molecule has 4 unspecified atom stereocenters. The van der Waals surface area contributed by atoms with Gasteiger partial charge in [0.05, 0.1) is 0 Å². The number of rotatable bonds is 3. The van der Waals surface area contributed by atoms with Gasteiger partial charge in [-0.3, -0.25) is 4.90 Å². The molecule has 11 aromatic rings. The number of fused-ring (bicyclic) bond motifs is 1. The smallest absolute Gasteiger partial charge is 0.338 e. The molecule has 1 saturated heterocycles. The lowest BCUT2D eigenvalue weighted by Crippen LogP contribution is -2.43. The topological polar surface area (TPSA) is 29.5 Å². The first-order valence-corrected chi connectivity index (χ1v) is 20.4. The summed E-state index contributed by atoms with van der Waals surface area (Å²) < 4.78 is 5.72. The second-order valence-electron chi connectivity index (χ2n) is 19.1. The molecule has 0 bridgehead atoms. The maximum atomic E-state index is 12.5. The average molecular weight is 700 g/mol. The summed E-state index contributed by atoms with van der Waals surface area (Å²) in [4.78, 5) is 15.2. The van der Waals surface area contributed by atoms with Gasteiger partial charge in [0.1, 0.15) is 5.75 Å². The van der Waals surface area contributed by atoms with Crippen LogP contribution in [0.4, 0.5) is 0 Å². The number of hydrogen-bond acceptors (Lipinski definition) is 3. The Hall–Kier alpha value is -5.77. The van der Waals surface area contributed by atoms with Gasteiger partial charge in [0.15, 0.2) is 0 Å². The number of hydrogen-bond donors (Lipinski definition) is 0. The van der Waals surface area contributed by atoms with Gasteiger partial charge in [0.25, 0.3) is 0 Å². The van der Waals surface area contributed by atoms with E-state index >= 15 is 0 Å². The lowest BCUT2D eigenvalue weighted by atomic mass is 9.60. The predicted molar refractivity (Wildman–Crippen MR) is 223 cm³/mol. The zero-order valence-electron chi connectivity index (χ0n) is 30.4. The van der Waals surface area contributed by atoms with Crippen molar-refractivity contribution in [3.8, 4) is 5.75 Å². The van der Waals surface area contributed by atoms with Crippen LogP contribution in [-0.2, 0) is 29.5 Å². The van der Waals surface area contributed by atoms with Crippen LogP contribution in [0.15, 0.2) is 54.6 Å². The van der Waals surface area contributed by atoms with Crippen LogP contribution in [0, 0.1) is 5.92 Å². The van der Waals surface area contributed by atoms with Crippen molar-refractivity contribution >= 4 is 120 Å². The summed E-state index contributed by atoms with van der Waals surface area (Å²) in [5, 5.41) is 33.7. The quantitative estimate of drug-likeness (QED) is 0.0800. The number of carbonyl (C=O) groups is 1. The number of nitrogens with zero attached hydrogens (tertiary/aromatic N) is 1. The Morgan fingerprint density at radius 3 is 2.31 bits per heavy atom. The third-order valence-electron chi connectivity index (χ3n) is 17.1. The van der Waals surface area contributed by atoms with Crippen molar-refractivity contribution in [3.63, 3.8) is 0 Å². The third-order valence-corrected chi connectivity index (χ3v) is 17.1. The highest BCUT2D eigenvalue weighted by molar-refractivity contribution is 6.60. The van der Waals surface area contributed by atoms with E-state index in [0.717, 1.165) is 32.2 Å². The van der Waals surface area contributed by atoms with E-state index in [-0.39, 0.29) is 17.4 Å². The highest BCUT2D eigenvalue weighted by Crippen LogP contribution is 2.70. The summed E-state index contributed by atoms with van der Waals surface area (Å²) >= 11 is 0. The first kappa shape index (κ1) is 26.1. The largest absolute Gasteiger partial charge is 0.423 e. The van der Waals surface area contributed by atoms with Crippen molar-refractivity contribution in [1.82, 2.24) is 4.90 Å². The van der Waals surface area contributed by atoms with Gasteiger partial charge >= 0.3 is 5.97 Å². The number of esters is 1. The van der Waals surface area contributed by atoms with Crippen molar-refractivity contribution in [2.45, 2.75) is 50.0 Å². The van der Waals surface area contributed by atoms with Gasteiger partial charge in [-0.25, -0.2) is 4.79 Å². The standard InChI is InChI=1S/C52H29NO2/c1-17(2)51(54)55-26-6-4-18(5-7-26)50-52-15-25-13-23-11-20-8-19-9-22-10-21-12-24-14-27(28(52)16-53(50)3)36-41-32(24)31(21)38-33(22)37-29(19)30(20)39-34(23)40-35(25)49(52)48(36)47-45(40)43(39)42(37)44(38)46(41)47/h4-7,9-11,13,19,28,50H,1,8,12,14-16H2,2-3H3. The summed E-state index contributed by atoms with van der Waals surface area (Å²) in [7, 11) is 2.38. The first-order chi connectivity index (χ1) is 26.9. The van der Waals surface area contributed by atoms with E-state index in [0.29, 0.717) is 23.2 Å². The molecule has 1 spiro atoms. The average Bonchev–Trinajstić information content (AvgIpc) is 4.02. The number of likely N-dealkylation sites (N-methyl/N-ethyl adjacent to an activating group) is 1. The minimum absolute atomic E-state index is 0.0812. The zero-order chi connectivity index (χ0) is 35.2. The molecule has 0 amide bonds. The van der Waals surface area contributed by atoms with E-state index in [9.17, 15) is 4.79 Å². The Morgan fingerprint density at radius 1 is 0.745 bits per heavy atom. The summed E-state index contributed by atoms with van der Waals surface area (Å²) in [5.74, 6) is 1.11. The summed E-state index contributed by atoms with van der Waals surface area (Å²) in [6.45, 7) is 6.56. The molecule has 1 aliphatic heterocycles. The van der Waals surface area contributed by atoms with Crippen LogP contribution in [0.2, 0.25) is 0 Å². The molecule has 6 aliphatic carbocycles. The highest BCUT2D eigenvalue weighted by atomic mass is 16.5. The molecular formula is C52H29NO2. The molecule has 0 N–H and O–H groups in total. The fourth-order valence-corrected chi connectivity index (χ4v) is 16.1. The maximum absolute atomic E-state index is 12.5. The number of ether oxygens (including phenoxy) is 1. The second kappa shape index (κ2) is 7.20. The Kier molecular flexibility index (Phi) is 3.42. The molecule has 18 rings (SSSR count). The Morgan fingerprint density at radius 2 is 1.47 bits per heavy atom. The van der Waals surface area contributed by atoms with Gasteiger partial charge in [-0.1, -0.05) is 54.1 Å². The Labute approximate surface area is 312 Å². The first-order valence-electron chi connectivity index (χ1n) is 20.4. The number of likely N-dealkylation sites (tertiary alicyclic amines) is 1. The van der Waals surface area contributed by atoms with Crippen LogP contribution in [0.25, 0.3) is 114 Å². The predicted octanol–water partition coefficient (Wildman–Crippen LogP) is 8.70. The molecule has 4 atom stereocenters. The van der Waals surface area contributed by atoms with E-state index < -0.39 is 0 Å². The van der Waals surface area contributed by atoms with E-state index in [1.165, 1.54) is 16.2 Å². The van der Waals surface area contributed by atoms with Gasteiger partial charge in [-0.05, 0) is 198 Å². The molecule has 0 saturated carbocycles. The number of benzene rings is 8. The van der Waals surface area contributed by atoms with E-state index in [4.69, 9.17) is 4.74 Å². The second-order valence-corrected chi connectivity index (χ2v) is 19.1. The fraction of sp³-hybridized carbons (Fsp3) is 0.212. The highest BCUT2D eigenvalue weighted by Gasteiger charge is 2.62. The van der Waals surface area contributed by atoms with Crippen LogP contribution in [0.3, 0.4) is 0 Å². The lowest BCUT2D eigenvalue weighted by molar-refractivity contribution is -0.130. The molecule has 0 radical (unpaired) electrons. The van der Waals surface area contributed by atoms with Crippen LogP contribution in [0.1, 0.15) is 58.7 Å². The Bertz CT molecular complexity index is 4070. The van der Waals surface area contributed by atoms with Crippen molar-refractivity contribution in [3.05, 3.63) is 104 Å². The van der Waals surface area contributed by atoms with E-state index in [1.54, 1.807) is 148 Å². The minimum Gasteiger partial charge on any atom is -0.423 e. The van der Waals surface area contributed by atoms with Crippen LogP contribution < -0.4 is 20.4 Å². The van der Waals surface area contributed by atoms with Crippen molar-refractivity contribution < 1.29 is 9.53 Å². The van der Waals surface area contributed by atoms with E-state index in [1.807, 2.05) is 12.1 Å². The minimum atomic E-state index is -0.369. The fourth-order valence-electron chi connectivity index (χ4n) is 16.1. The zero-order valence-corrected chi connectivity index (χ0v) is 30.4. The van der Waals surface area contributed by atoms with Crippen LogP contribution >= 0.6 is 0 Å². The third kappa shape index (κ3) is 2.14. The van der Waals surface area contributed by atoms with E-state index in [2.05, 4.69) is 54.9 Å².